The van der Waals surface area contributed by atoms with Crippen LogP contribution in [0.2, 0.25) is 0 Å². The van der Waals surface area contributed by atoms with Crippen molar-refractivity contribution in [2.24, 2.45) is 5.92 Å². The van der Waals surface area contributed by atoms with Crippen molar-refractivity contribution in [1.82, 2.24) is 9.88 Å². The first-order valence-electron chi connectivity index (χ1n) is 8.17. The van der Waals surface area contributed by atoms with Crippen LogP contribution >= 0.6 is 15.9 Å². The summed E-state index contributed by atoms with van der Waals surface area (Å²) in [4.78, 5) is 28.3. The second-order valence-electron chi connectivity index (χ2n) is 7.07. The molecule has 0 aliphatic carbocycles. The van der Waals surface area contributed by atoms with E-state index in [0.717, 1.165) is 12.8 Å². The highest BCUT2D eigenvalue weighted by atomic mass is 79.9. The normalized spacial score (nSPS) is 15.8. The number of nitrogens with zero attached hydrogens (tertiary/aromatic N) is 3. The summed E-state index contributed by atoms with van der Waals surface area (Å²) < 4.78 is 5.92. The molecule has 1 aromatic rings. The largest absolute Gasteiger partial charge is 0.444 e. The van der Waals surface area contributed by atoms with E-state index in [9.17, 15) is 14.9 Å². The number of halogens is 1. The molecular formula is C16H23BrN4O4. The predicted molar refractivity (Wildman–Crippen MR) is 97.6 cm³/mol. The van der Waals surface area contributed by atoms with Crippen LogP contribution in [-0.4, -0.2) is 46.1 Å². The van der Waals surface area contributed by atoms with E-state index in [0.29, 0.717) is 35.8 Å². The lowest BCUT2D eigenvalue weighted by Gasteiger charge is -2.33. The zero-order valence-electron chi connectivity index (χ0n) is 14.6. The van der Waals surface area contributed by atoms with Crippen molar-refractivity contribution in [2.45, 2.75) is 39.2 Å². The molecule has 1 aliphatic heterocycles. The molecule has 2 rings (SSSR count). The van der Waals surface area contributed by atoms with Crippen LogP contribution in [0.3, 0.4) is 0 Å². The van der Waals surface area contributed by atoms with Crippen molar-refractivity contribution in [3.63, 3.8) is 0 Å². The number of likely N-dealkylation sites (tertiary alicyclic amines) is 1. The molecule has 9 heteroatoms. The van der Waals surface area contributed by atoms with Crippen molar-refractivity contribution in [1.29, 1.82) is 0 Å². The van der Waals surface area contributed by atoms with E-state index in [1.807, 2.05) is 20.8 Å². The maximum atomic E-state index is 12.1. The highest BCUT2D eigenvalue weighted by Gasteiger charge is 2.27. The minimum atomic E-state index is -0.497. The third kappa shape index (κ3) is 5.84. The molecule has 1 N–H and O–H groups in total. The number of anilines is 1. The van der Waals surface area contributed by atoms with Crippen molar-refractivity contribution < 1.29 is 14.5 Å². The van der Waals surface area contributed by atoms with E-state index in [2.05, 4.69) is 26.2 Å². The Balaban J connectivity index is 1.86. The number of nitrogens with one attached hydrogen (secondary N) is 1. The topological polar surface area (TPSA) is 97.6 Å². The number of hydrogen-bond acceptors (Lipinski definition) is 6. The van der Waals surface area contributed by atoms with Gasteiger partial charge in [0.2, 0.25) is 0 Å². The fourth-order valence-electron chi connectivity index (χ4n) is 2.61. The van der Waals surface area contributed by atoms with Gasteiger partial charge in [0.15, 0.2) is 0 Å². The van der Waals surface area contributed by atoms with Crippen LogP contribution in [0.4, 0.5) is 16.2 Å². The Labute approximate surface area is 155 Å². The van der Waals surface area contributed by atoms with Gasteiger partial charge in [-0.25, -0.2) is 9.78 Å². The molecule has 1 aliphatic rings. The van der Waals surface area contributed by atoms with Gasteiger partial charge in [-0.05, 0) is 55.5 Å². The van der Waals surface area contributed by atoms with Gasteiger partial charge in [-0.3, -0.25) is 10.1 Å². The van der Waals surface area contributed by atoms with E-state index in [4.69, 9.17) is 4.74 Å². The Morgan fingerprint density at radius 1 is 1.48 bits per heavy atom. The van der Waals surface area contributed by atoms with Gasteiger partial charge in [0, 0.05) is 25.7 Å². The lowest BCUT2D eigenvalue weighted by Crippen LogP contribution is -2.42. The first-order chi connectivity index (χ1) is 11.7. The van der Waals surface area contributed by atoms with Crippen LogP contribution < -0.4 is 5.32 Å². The van der Waals surface area contributed by atoms with Crippen molar-refractivity contribution in [2.75, 3.05) is 25.0 Å². The summed E-state index contributed by atoms with van der Waals surface area (Å²) in [5, 5.41) is 14.2. The van der Waals surface area contributed by atoms with Gasteiger partial charge in [-0.2, -0.15) is 0 Å². The average molecular weight is 415 g/mol. The summed E-state index contributed by atoms with van der Waals surface area (Å²) in [6, 6.07) is 1.61. The highest BCUT2D eigenvalue weighted by molar-refractivity contribution is 9.10. The Bertz CT molecular complexity index is 640. The van der Waals surface area contributed by atoms with Gasteiger partial charge in [-0.1, -0.05) is 0 Å². The summed E-state index contributed by atoms with van der Waals surface area (Å²) in [6.45, 7) is 7.41. The van der Waals surface area contributed by atoms with E-state index in [1.54, 1.807) is 11.0 Å². The number of hydrogen-bond donors (Lipinski definition) is 1. The first-order valence-corrected chi connectivity index (χ1v) is 8.97. The summed E-state index contributed by atoms with van der Waals surface area (Å²) in [5.74, 6) is 0.338. The molecular weight excluding hydrogens is 392 g/mol. The zero-order chi connectivity index (χ0) is 18.6. The van der Waals surface area contributed by atoms with Crippen LogP contribution in [0.1, 0.15) is 33.6 Å². The molecule has 0 atom stereocenters. The fourth-order valence-corrected chi connectivity index (χ4v) is 2.94. The molecule has 0 spiro atoms. The summed E-state index contributed by atoms with van der Waals surface area (Å²) in [5.41, 5.74) is -0.0979. The molecule has 1 aromatic heterocycles. The van der Waals surface area contributed by atoms with Crippen LogP contribution in [-0.2, 0) is 4.74 Å². The predicted octanol–water partition coefficient (Wildman–Crippen LogP) is 3.81. The number of nitro groups is 1. The molecule has 0 radical (unpaired) electrons. The number of aromatic nitrogens is 1. The van der Waals surface area contributed by atoms with Crippen LogP contribution in [0.5, 0.6) is 0 Å². The minimum absolute atomic E-state index is 0.0469. The quantitative estimate of drug-likeness (QED) is 0.456. The molecule has 0 bridgehead atoms. The Hall–Kier alpha value is -1.90. The van der Waals surface area contributed by atoms with Crippen molar-refractivity contribution >= 4 is 33.4 Å². The van der Waals surface area contributed by atoms with Crippen LogP contribution in [0.25, 0.3) is 0 Å². The smallest absolute Gasteiger partial charge is 0.410 e. The fraction of sp³-hybridized carbons (Fsp3) is 0.625. The molecule has 0 aromatic carbocycles. The molecule has 0 saturated carbocycles. The van der Waals surface area contributed by atoms with Gasteiger partial charge in [0.1, 0.15) is 22.1 Å². The lowest BCUT2D eigenvalue weighted by atomic mass is 9.97. The first kappa shape index (κ1) is 19.4. The maximum absolute atomic E-state index is 12.1. The number of ether oxygens (including phenoxy) is 1. The van der Waals surface area contributed by atoms with E-state index >= 15 is 0 Å². The van der Waals surface area contributed by atoms with Gasteiger partial charge in [-0.15, -0.1) is 0 Å². The lowest BCUT2D eigenvalue weighted by molar-refractivity contribution is -0.384. The molecule has 2 heterocycles. The molecule has 25 heavy (non-hydrogen) atoms. The Morgan fingerprint density at radius 3 is 2.68 bits per heavy atom. The molecule has 138 valence electrons. The van der Waals surface area contributed by atoms with Gasteiger partial charge in [0.25, 0.3) is 0 Å². The number of rotatable bonds is 4. The monoisotopic (exact) mass is 414 g/mol. The zero-order valence-corrected chi connectivity index (χ0v) is 16.2. The Morgan fingerprint density at radius 2 is 2.12 bits per heavy atom. The van der Waals surface area contributed by atoms with Gasteiger partial charge < -0.3 is 15.0 Å². The molecule has 0 unspecified atom stereocenters. The molecule has 8 nitrogen and oxygen atoms in total. The second-order valence-corrected chi connectivity index (χ2v) is 7.89. The summed E-state index contributed by atoms with van der Waals surface area (Å²) >= 11 is 3.23. The van der Waals surface area contributed by atoms with E-state index < -0.39 is 10.5 Å². The number of carbonyl (C=O) groups excluding carboxylic acids is 1. The number of piperidine rings is 1. The van der Waals surface area contributed by atoms with Crippen molar-refractivity contribution in [3.8, 4) is 0 Å². The third-order valence-corrected chi connectivity index (χ3v) is 4.33. The maximum Gasteiger partial charge on any atom is 0.410 e. The average Bonchev–Trinajstić information content (AvgIpc) is 2.51. The minimum Gasteiger partial charge on any atom is -0.444 e. The van der Waals surface area contributed by atoms with Crippen molar-refractivity contribution in [3.05, 3.63) is 27.0 Å². The number of amides is 1. The standard InChI is InChI=1S/C16H23BrN4O4/c1-16(2,3)25-15(22)20-6-4-11(5-7-20)9-18-12-8-14(17)19-10-13(12)21(23)24/h8,10-11H,4-7,9H2,1-3H3,(H,18,19). The van der Waals surface area contributed by atoms with Gasteiger partial charge >= 0.3 is 11.8 Å². The summed E-state index contributed by atoms with van der Waals surface area (Å²) in [6.07, 6.45) is 2.60. The number of carbonyl (C=O) groups is 1. The molecule has 1 saturated heterocycles. The SMILES string of the molecule is CC(C)(C)OC(=O)N1CCC(CNc2cc(Br)ncc2[N+](=O)[O-])CC1. The molecule has 1 amide bonds. The van der Waals surface area contributed by atoms with Crippen LogP contribution in [0.15, 0.2) is 16.9 Å². The van der Waals surface area contributed by atoms with Gasteiger partial charge in [0.05, 0.1) is 4.92 Å². The highest BCUT2D eigenvalue weighted by Crippen LogP contribution is 2.27. The second kappa shape index (κ2) is 7.99. The summed E-state index contributed by atoms with van der Waals surface area (Å²) in [7, 11) is 0. The number of pyridine rings is 1. The molecule has 1 fully saturated rings. The van der Waals surface area contributed by atoms with E-state index in [1.165, 1.54) is 6.20 Å². The van der Waals surface area contributed by atoms with E-state index in [-0.39, 0.29) is 11.8 Å². The van der Waals surface area contributed by atoms with Crippen LogP contribution in [0, 0.1) is 16.0 Å². The third-order valence-electron chi connectivity index (χ3n) is 3.89. The Kier molecular flexibility index (Phi) is 6.21.